The molecule has 1 heterocycles. The van der Waals surface area contributed by atoms with Gasteiger partial charge in [-0.1, -0.05) is 20.8 Å². The Hall–Kier alpha value is -1.26. The fourth-order valence-electron chi connectivity index (χ4n) is 2.11. The summed E-state index contributed by atoms with van der Waals surface area (Å²) in [6.45, 7) is 13.5. The van der Waals surface area contributed by atoms with Gasteiger partial charge in [0.2, 0.25) is 5.91 Å². The zero-order valence-corrected chi connectivity index (χ0v) is 14.5. The number of likely N-dealkylation sites (tertiary alicyclic amines) is 1. The normalized spacial score (nSPS) is 18.4. The summed E-state index contributed by atoms with van der Waals surface area (Å²) in [5, 5.41) is 2.89. The second kappa shape index (κ2) is 9.64. The van der Waals surface area contributed by atoms with Crippen LogP contribution in [0.15, 0.2) is 0 Å². The molecule has 5 heteroatoms. The minimum atomic E-state index is -0.458. The van der Waals surface area contributed by atoms with E-state index in [9.17, 15) is 9.59 Å². The lowest BCUT2D eigenvalue weighted by molar-refractivity contribution is -0.121. The van der Waals surface area contributed by atoms with E-state index in [0.717, 1.165) is 19.4 Å². The van der Waals surface area contributed by atoms with Gasteiger partial charge >= 0.3 is 6.09 Å². The topological polar surface area (TPSA) is 58.6 Å². The average Bonchev–Trinajstić information content (AvgIpc) is 2.45. The molecular weight excluding hydrogens is 268 g/mol. The highest BCUT2D eigenvalue weighted by Gasteiger charge is 2.27. The van der Waals surface area contributed by atoms with Gasteiger partial charge in [0.15, 0.2) is 0 Å². The van der Waals surface area contributed by atoms with Crippen LogP contribution in [0, 0.1) is 5.92 Å². The number of carbonyl (C=O) groups excluding carboxylic acids is 2. The third-order valence-corrected chi connectivity index (χ3v) is 3.08. The molecule has 1 unspecified atom stereocenters. The Kier molecular flexibility index (Phi) is 9.06. The first-order valence-corrected chi connectivity index (χ1v) is 8.06. The summed E-state index contributed by atoms with van der Waals surface area (Å²) in [6.07, 6.45) is 2.26. The zero-order valence-electron chi connectivity index (χ0n) is 14.5. The number of amides is 2. The second-order valence-electron chi connectivity index (χ2n) is 6.09. The first-order chi connectivity index (χ1) is 9.81. The summed E-state index contributed by atoms with van der Waals surface area (Å²) in [6, 6.07) is 0. The van der Waals surface area contributed by atoms with Gasteiger partial charge in [-0.05, 0) is 39.5 Å². The summed E-state index contributed by atoms with van der Waals surface area (Å²) >= 11 is 0. The van der Waals surface area contributed by atoms with Crippen molar-refractivity contribution in [1.29, 1.82) is 0 Å². The third kappa shape index (κ3) is 8.58. The summed E-state index contributed by atoms with van der Waals surface area (Å²) in [5.41, 5.74) is -0.458. The minimum Gasteiger partial charge on any atom is -0.444 e. The first kappa shape index (κ1) is 19.7. The molecule has 0 radical (unpaired) electrons. The molecule has 2 amide bonds. The lowest BCUT2D eigenvalue weighted by atomic mass is 9.98. The molecule has 1 N–H and O–H groups in total. The fourth-order valence-corrected chi connectivity index (χ4v) is 2.11. The van der Waals surface area contributed by atoms with Crippen molar-refractivity contribution in [3.63, 3.8) is 0 Å². The largest absolute Gasteiger partial charge is 0.444 e. The van der Waals surface area contributed by atoms with E-state index in [1.165, 1.54) is 0 Å². The first-order valence-electron chi connectivity index (χ1n) is 8.06. The molecule has 1 aliphatic heterocycles. The number of nitrogens with zero attached hydrogens (tertiary/aromatic N) is 1. The maximum absolute atomic E-state index is 12.0. The minimum absolute atomic E-state index is 0. The van der Waals surface area contributed by atoms with Crippen LogP contribution in [0.5, 0.6) is 0 Å². The van der Waals surface area contributed by atoms with Crippen molar-refractivity contribution in [3.05, 3.63) is 0 Å². The molecule has 0 aliphatic carbocycles. The van der Waals surface area contributed by atoms with Crippen LogP contribution in [0.3, 0.4) is 0 Å². The number of hydrogen-bond acceptors (Lipinski definition) is 3. The number of piperidine rings is 1. The van der Waals surface area contributed by atoms with E-state index in [4.69, 9.17) is 4.74 Å². The van der Waals surface area contributed by atoms with Crippen molar-refractivity contribution in [2.75, 3.05) is 19.6 Å². The highest BCUT2D eigenvalue weighted by Crippen LogP contribution is 2.18. The van der Waals surface area contributed by atoms with Gasteiger partial charge in [0.25, 0.3) is 0 Å². The van der Waals surface area contributed by atoms with Gasteiger partial charge in [0.1, 0.15) is 5.60 Å². The second-order valence-corrected chi connectivity index (χ2v) is 6.09. The van der Waals surface area contributed by atoms with E-state index in [-0.39, 0.29) is 13.4 Å². The lowest BCUT2D eigenvalue weighted by Gasteiger charge is -2.34. The van der Waals surface area contributed by atoms with Crippen molar-refractivity contribution >= 4 is 12.0 Å². The Morgan fingerprint density at radius 1 is 1.33 bits per heavy atom. The van der Waals surface area contributed by atoms with E-state index in [1.807, 2.05) is 41.5 Å². The van der Waals surface area contributed by atoms with E-state index in [2.05, 4.69) is 5.32 Å². The van der Waals surface area contributed by atoms with Gasteiger partial charge in [-0.25, -0.2) is 4.79 Å². The molecule has 0 aromatic rings. The predicted octanol–water partition coefficient (Wildman–Crippen LogP) is 3.43. The van der Waals surface area contributed by atoms with E-state index >= 15 is 0 Å². The number of hydrogen-bond donors (Lipinski definition) is 1. The third-order valence-electron chi connectivity index (χ3n) is 3.08. The van der Waals surface area contributed by atoms with Crippen molar-refractivity contribution in [1.82, 2.24) is 10.2 Å². The Morgan fingerprint density at radius 3 is 2.48 bits per heavy atom. The van der Waals surface area contributed by atoms with Gasteiger partial charge in [-0.15, -0.1) is 0 Å². The predicted molar refractivity (Wildman–Crippen MR) is 87.3 cm³/mol. The molecule has 0 aromatic carbocycles. The summed E-state index contributed by atoms with van der Waals surface area (Å²) < 4.78 is 5.37. The number of nitrogens with one attached hydrogen (secondary N) is 1. The quantitative estimate of drug-likeness (QED) is 0.869. The molecule has 1 atom stereocenters. The monoisotopic (exact) mass is 302 g/mol. The summed E-state index contributed by atoms with van der Waals surface area (Å²) in [4.78, 5) is 25.0. The van der Waals surface area contributed by atoms with Crippen LogP contribution in [0.1, 0.15) is 62.2 Å². The van der Waals surface area contributed by atoms with Gasteiger partial charge in [0.05, 0.1) is 0 Å². The molecule has 0 bridgehead atoms. The molecule has 21 heavy (non-hydrogen) atoms. The Morgan fingerprint density at radius 2 is 1.95 bits per heavy atom. The molecule has 1 aliphatic rings. The van der Waals surface area contributed by atoms with Gasteiger partial charge < -0.3 is 15.0 Å². The molecule has 1 rings (SSSR count). The van der Waals surface area contributed by atoms with Crippen molar-refractivity contribution in [2.45, 2.75) is 66.4 Å². The molecule has 126 valence electrons. The fraction of sp³-hybridized carbons (Fsp3) is 0.875. The van der Waals surface area contributed by atoms with Crippen LogP contribution in [0.2, 0.25) is 0 Å². The summed E-state index contributed by atoms with van der Waals surface area (Å²) in [5.74, 6) is 0.395. The molecule has 0 saturated carbocycles. The van der Waals surface area contributed by atoms with Crippen molar-refractivity contribution in [2.24, 2.45) is 5.92 Å². The number of ether oxygens (including phenoxy) is 1. The van der Waals surface area contributed by atoms with E-state index in [0.29, 0.717) is 25.4 Å². The Balaban J connectivity index is 0. The van der Waals surface area contributed by atoms with Crippen LogP contribution < -0.4 is 5.32 Å². The van der Waals surface area contributed by atoms with Crippen LogP contribution in [0.4, 0.5) is 4.79 Å². The van der Waals surface area contributed by atoms with E-state index in [1.54, 1.807) is 4.90 Å². The lowest BCUT2D eigenvalue weighted by Crippen LogP contribution is -2.45. The molecular formula is C16H34N2O3. The Labute approximate surface area is 130 Å². The maximum atomic E-state index is 12.0. The van der Waals surface area contributed by atoms with Crippen LogP contribution in [-0.2, 0) is 9.53 Å². The SMILES string of the molecule is CC.CCC(=O)NCC1CCCN(C(=O)OC(C)(C)C)C1.[HH]. The number of rotatable bonds is 3. The van der Waals surface area contributed by atoms with E-state index < -0.39 is 5.60 Å². The van der Waals surface area contributed by atoms with Crippen LogP contribution >= 0.6 is 0 Å². The summed E-state index contributed by atoms with van der Waals surface area (Å²) in [7, 11) is 0. The maximum Gasteiger partial charge on any atom is 0.410 e. The smallest absolute Gasteiger partial charge is 0.410 e. The molecule has 1 saturated heterocycles. The highest BCUT2D eigenvalue weighted by atomic mass is 16.6. The highest BCUT2D eigenvalue weighted by molar-refractivity contribution is 5.75. The zero-order chi connectivity index (χ0) is 16.5. The average molecular weight is 302 g/mol. The molecule has 1 fully saturated rings. The molecule has 5 nitrogen and oxygen atoms in total. The molecule has 0 spiro atoms. The van der Waals surface area contributed by atoms with Crippen molar-refractivity contribution < 1.29 is 15.8 Å². The van der Waals surface area contributed by atoms with Crippen molar-refractivity contribution in [3.8, 4) is 0 Å². The van der Waals surface area contributed by atoms with Crippen LogP contribution in [-0.4, -0.2) is 42.1 Å². The van der Waals surface area contributed by atoms with Gasteiger partial charge in [-0.3, -0.25) is 4.79 Å². The van der Waals surface area contributed by atoms with Gasteiger partial charge in [0, 0.05) is 27.5 Å². The van der Waals surface area contributed by atoms with Crippen LogP contribution in [0.25, 0.3) is 0 Å². The molecule has 0 aromatic heterocycles. The number of carbonyl (C=O) groups is 2. The van der Waals surface area contributed by atoms with Gasteiger partial charge in [-0.2, -0.15) is 0 Å². The Bertz CT molecular complexity index is 330. The standard InChI is InChI=1S/C14H26N2O3.C2H6.H2/c1-5-12(17)15-9-11-7-6-8-16(10-11)13(18)19-14(2,3)4;1-2;/h11H,5-10H2,1-4H3,(H,15,17);1-2H3;1H.